The van der Waals surface area contributed by atoms with Crippen LogP contribution in [0.4, 0.5) is 0 Å². The van der Waals surface area contributed by atoms with Crippen LogP contribution in [0.25, 0.3) is 134 Å². The van der Waals surface area contributed by atoms with E-state index < -0.39 is 0 Å². The molecule has 0 saturated heterocycles. The smallest absolute Gasteiger partial charge is 0.166 e. The van der Waals surface area contributed by atoms with Crippen molar-refractivity contribution < 1.29 is 0 Å². The molecule has 74 heavy (non-hydrogen) atoms. The number of benzene rings is 10. The van der Waals surface area contributed by atoms with Crippen LogP contribution in [0.2, 0.25) is 0 Å². The van der Waals surface area contributed by atoms with Gasteiger partial charge < -0.3 is 9.13 Å². The minimum absolute atomic E-state index is 0.549. The zero-order valence-corrected chi connectivity index (χ0v) is 39.8. The monoisotopic (exact) mass is 946 g/mol. The third kappa shape index (κ3) is 7.40. The molecule has 0 aliphatic rings. The number of para-hydroxylation sites is 3. The van der Waals surface area contributed by atoms with E-state index in [4.69, 9.17) is 29.9 Å². The van der Waals surface area contributed by atoms with E-state index >= 15 is 0 Å². The highest BCUT2D eigenvalue weighted by Crippen LogP contribution is 2.43. The summed E-state index contributed by atoms with van der Waals surface area (Å²) in [5.41, 5.74) is 13.7. The van der Waals surface area contributed by atoms with Gasteiger partial charge in [0.2, 0.25) is 0 Å². The first kappa shape index (κ1) is 42.7. The van der Waals surface area contributed by atoms with Crippen LogP contribution < -0.4 is 0 Å². The molecule has 0 bridgehead atoms. The number of hydrogen-bond donors (Lipinski definition) is 0. The molecule has 0 fully saturated rings. The highest BCUT2D eigenvalue weighted by Gasteiger charge is 2.23. The van der Waals surface area contributed by atoms with Crippen molar-refractivity contribution in [3.8, 4) is 90.8 Å². The Morgan fingerprint density at radius 1 is 0.230 bits per heavy atom. The maximum absolute atomic E-state index is 5.40. The first-order valence-corrected chi connectivity index (χ1v) is 24.7. The summed E-state index contributed by atoms with van der Waals surface area (Å²) in [6.45, 7) is 0. The van der Waals surface area contributed by atoms with E-state index in [0.29, 0.717) is 34.9 Å². The summed E-state index contributed by atoms with van der Waals surface area (Å²) in [5.74, 6) is 3.50. The van der Waals surface area contributed by atoms with E-state index in [1.54, 1.807) is 0 Å². The van der Waals surface area contributed by atoms with Gasteiger partial charge in [-0.25, -0.2) is 29.9 Å². The molecule has 0 N–H and O–H groups in total. The number of hydrogen-bond acceptors (Lipinski definition) is 6. The van der Waals surface area contributed by atoms with Crippen molar-refractivity contribution >= 4 is 43.6 Å². The topological polar surface area (TPSA) is 87.2 Å². The molecule has 0 aliphatic heterocycles. The zero-order valence-electron chi connectivity index (χ0n) is 39.8. The SMILES string of the molecule is c1ccc(-c2nc(-c3ccccc3)nc(-c3ccc4c5ccccc5n(-c5ccc(-c6cccc7c6c6ccccc6n7-c6ccccc6)cc5-c5nc(-c6ccccc6)nc(-c6ccccc6)n5)c4c3)n2)cc1. The van der Waals surface area contributed by atoms with Gasteiger partial charge in [0.25, 0.3) is 0 Å². The molecule has 0 radical (unpaired) electrons. The number of aromatic nitrogens is 8. The lowest BCUT2D eigenvalue weighted by Gasteiger charge is -2.17. The summed E-state index contributed by atoms with van der Waals surface area (Å²) in [6.07, 6.45) is 0. The van der Waals surface area contributed by atoms with Crippen molar-refractivity contribution in [2.24, 2.45) is 0 Å². The molecule has 14 aromatic rings. The molecule has 10 aromatic carbocycles. The van der Waals surface area contributed by atoms with Gasteiger partial charge in [-0.05, 0) is 59.7 Å². The minimum atomic E-state index is 0.549. The largest absolute Gasteiger partial charge is 0.309 e. The highest BCUT2D eigenvalue weighted by molar-refractivity contribution is 6.16. The van der Waals surface area contributed by atoms with E-state index in [-0.39, 0.29) is 0 Å². The van der Waals surface area contributed by atoms with Crippen molar-refractivity contribution in [2.75, 3.05) is 0 Å². The van der Waals surface area contributed by atoms with Crippen molar-refractivity contribution in [1.29, 1.82) is 0 Å². The fourth-order valence-electron chi connectivity index (χ4n) is 10.4. The maximum Gasteiger partial charge on any atom is 0.166 e. The Bertz CT molecular complexity index is 4290. The van der Waals surface area contributed by atoms with Crippen LogP contribution in [-0.2, 0) is 0 Å². The summed E-state index contributed by atoms with van der Waals surface area (Å²) in [5, 5.41) is 4.53. The molecule has 8 nitrogen and oxygen atoms in total. The predicted molar refractivity (Wildman–Crippen MR) is 300 cm³/mol. The molecule has 0 atom stereocenters. The molecule has 4 heterocycles. The van der Waals surface area contributed by atoms with Gasteiger partial charge in [0.1, 0.15) is 0 Å². The standard InChI is InChI=1S/C66H42N8/c1-6-21-43(22-7-1)61-67-62(44-23-8-2-9-24-44)70-65(69-61)48-37-39-52-51-31-16-18-34-55(51)74(59(52)42-48)57-40-38-47(50-33-20-36-58-60(50)53-32-17-19-35-56(53)73(58)49-29-14-5-15-30-49)41-54(57)66-71-63(45-25-10-3-11-26-45)68-64(72-66)46-27-12-4-13-28-46/h1-42H. The quantitative estimate of drug-likeness (QED) is 0.143. The summed E-state index contributed by atoms with van der Waals surface area (Å²) in [7, 11) is 0. The van der Waals surface area contributed by atoms with Crippen molar-refractivity contribution in [2.45, 2.75) is 0 Å². The molecule has 4 aromatic heterocycles. The van der Waals surface area contributed by atoms with Gasteiger partial charge >= 0.3 is 0 Å². The minimum Gasteiger partial charge on any atom is -0.309 e. The van der Waals surface area contributed by atoms with Crippen LogP contribution in [-0.4, -0.2) is 39.0 Å². The van der Waals surface area contributed by atoms with Gasteiger partial charge in [-0.3, -0.25) is 0 Å². The van der Waals surface area contributed by atoms with Crippen molar-refractivity contribution in [1.82, 2.24) is 39.0 Å². The van der Waals surface area contributed by atoms with E-state index in [1.165, 1.54) is 10.8 Å². The van der Waals surface area contributed by atoms with Crippen molar-refractivity contribution in [3.05, 3.63) is 255 Å². The second-order valence-electron chi connectivity index (χ2n) is 18.3. The molecule has 0 saturated carbocycles. The van der Waals surface area contributed by atoms with Crippen LogP contribution in [0.1, 0.15) is 0 Å². The van der Waals surface area contributed by atoms with E-state index in [0.717, 1.165) is 88.7 Å². The van der Waals surface area contributed by atoms with Crippen LogP contribution >= 0.6 is 0 Å². The fourth-order valence-corrected chi connectivity index (χ4v) is 10.4. The van der Waals surface area contributed by atoms with Gasteiger partial charge in [-0.2, -0.15) is 0 Å². The molecule has 14 rings (SSSR count). The highest BCUT2D eigenvalue weighted by atomic mass is 15.1. The Labute approximate surface area is 426 Å². The Hall–Kier alpha value is -10.2. The Kier molecular flexibility index (Phi) is 10.3. The normalized spacial score (nSPS) is 11.5. The second-order valence-corrected chi connectivity index (χ2v) is 18.3. The van der Waals surface area contributed by atoms with Crippen molar-refractivity contribution in [3.63, 3.8) is 0 Å². The fraction of sp³-hybridized carbons (Fsp3) is 0. The summed E-state index contributed by atoms with van der Waals surface area (Å²) >= 11 is 0. The lowest BCUT2D eigenvalue weighted by Crippen LogP contribution is -2.04. The Balaban J connectivity index is 1.05. The summed E-state index contributed by atoms with van der Waals surface area (Å²) < 4.78 is 4.71. The Morgan fingerprint density at radius 2 is 0.649 bits per heavy atom. The number of fused-ring (bicyclic) bond motifs is 6. The summed E-state index contributed by atoms with van der Waals surface area (Å²) in [6, 6.07) is 88.3. The maximum atomic E-state index is 5.40. The van der Waals surface area contributed by atoms with E-state index in [9.17, 15) is 0 Å². The first-order valence-electron chi connectivity index (χ1n) is 24.7. The molecule has 0 spiro atoms. The van der Waals surface area contributed by atoms with Gasteiger partial charge in [0.15, 0.2) is 34.9 Å². The Morgan fingerprint density at radius 3 is 1.20 bits per heavy atom. The van der Waals surface area contributed by atoms with Gasteiger partial charge in [0, 0.05) is 60.6 Å². The lowest BCUT2D eigenvalue weighted by molar-refractivity contribution is 1.06. The van der Waals surface area contributed by atoms with Gasteiger partial charge in [-0.1, -0.05) is 206 Å². The molecular formula is C66H42N8. The molecule has 346 valence electrons. The predicted octanol–water partition coefficient (Wildman–Crippen LogP) is 15.9. The first-order chi connectivity index (χ1) is 36.7. The van der Waals surface area contributed by atoms with Crippen LogP contribution in [0.5, 0.6) is 0 Å². The average Bonchev–Trinajstić information content (AvgIpc) is 4.01. The lowest BCUT2D eigenvalue weighted by atomic mass is 9.96. The summed E-state index contributed by atoms with van der Waals surface area (Å²) in [4.78, 5) is 31.2. The molecule has 0 amide bonds. The van der Waals surface area contributed by atoms with Gasteiger partial charge in [0.05, 0.1) is 27.8 Å². The third-order valence-electron chi connectivity index (χ3n) is 13.8. The van der Waals surface area contributed by atoms with E-state index in [1.807, 2.05) is 97.1 Å². The molecule has 8 heteroatoms. The number of nitrogens with zero attached hydrogens (tertiary/aromatic N) is 8. The van der Waals surface area contributed by atoms with Crippen LogP contribution in [0, 0.1) is 0 Å². The zero-order chi connectivity index (χ0) is 49.0. The molecule has 0 unspecified atom stereocenters. The average molecular weight is 947 g/mol. The number of rotatable bonds is 9. The molecular weight excluding hydrogens is 905 g/mol. The van der Waals surface area contributed by atoms with Crippen LogP contribution in [0.3, 0.4) is 0 Å². The van der Waals surface area contributed by atoms with Crippen LogP contribution in [0.15, 0.2) is 255 Å². The second kappa shape index (κ2) is 17.9. The molecule has 0 aliphatic carbocycles. The van der Waals surface area contributed by atoms with E-state index in [2.05, 4.69) is 167 Å². The van der Waals surface area contributed by atoms with Gasteiger partial charge in [-0.15, -0.1) is 0 Å². The third-order valence-corrected chi connectivity index (χ3v) is 13.8.